The minimum Gasteiger partial charge on any atom is -0.490 e. The predicted octanol–water partition coefficient (Wildman–Crippen LogP) is 4.38. The molecule has 1 aliphatic heterocycles. The SMILES string of the molecule is C[C@H](NC(=O)c1ccccc1OC1CCC1)[C@H]1CCCN(C(=O)OC(C)(C)C)C1. The van der Waals surface area contributed by atoms with Crippen LogP contribution in [0.15, 0.2) is 24.3 Å². The van der Waals surface area contributed by atoms with Crippen LogP contribution >= 0.6 is 0 Å². The van der Waals surface area contributed by atoms with Gasteiger partial charge in [0.2, 0.25) is 0 Å². The van der Waals surface area contributed by atoms with Crippen molar-refractivity contribution in [3.05, 3.63) is 29.8 Å². The van der Waals surface area contributed by atoms with E-state index in [1.807, 2.05) is 52.0 Å². The third kappa shape index (κ3) is 5.87. The molecule has 2 atom stereocenters. The number of rotatable bonds is 5. The number of likely N-dealkylation sites (tertiary alicyclic amines) is 1. The third-order valence-electron chi connectivity index (χ3n) is 5.65. The van der Waals surface area contributed by atoms with Crippen LogP contribution in [0.25, 0.3) is 0 Å². The fourth-order valence-electron chi connectivity index (χ4n) is 3.74. The van der Waals surface area contributed by atoms with Gasteiger partial charge in [-0.05, 0) is 77.8 Å². The highest BCUT2D eigenvalue weighted by molar-refractivity contribution is 5.97. The van der Waals surface area contributed by atoms with Crippen LogP contribution < -0.4 is 10.1 Å². The van der Waals surface area contributed by atoms with Crippen LogP contribution in [0, 0.1) is 5.92 Å². The maximum atomic E-state index is 12.9. The van der Waals surface area contributed by atoms with Crippen LogP contribution in [-0.4, -0.2) is 47.7 Å². The molecule has 0 aromatic heterocycles. The quantitative estimate of drug-likeness (QED) is 0.793. The van der Waals surface area contributed by atoms with Crippen molar-refractivity contribution in [2.45, 2.75) is 77.5 Å². The maximum Gasteiger partial charge on any atom is 0.410 e. The summed E-state index contributed by atoms with van der Waals surface area (Å²) in [5, 5.41) is 3.13. The lowest BCUT2D eigenvalue weighted by atomic mass is 9.91. The number of nitrogens with one attached hydrogen (secondary N) is 1. The third-order valence-corrected chi connectivity index (χ3v) is 5.65. The maximum absolute atomic E-state index is 12.9. The normalized spacial score (nSPS) is 21.1. The number of hydrogen-bond acceptors (Lipinski definition) is 4. The summed E-state index contributed by atoms with van der Waals surface area (Å²) in [7, 11) is 0. The second-order valence-electron chi connectivity index (χ2n) is 9.26. The summed E-state index contributed by atoms with van der Waals surface area (Å²) in [6.07, 6.45) is 5.12. The smallest absolute Gasteiger partial charge is 0.410 e. The molecule has 2 aliphatic rings. The first-order valence-corrected chi connectivity index (χ1v) is 10.8. The van der Waals surface area contributed by atoms with E-state index in [-0.39, 0.29) is 30.1 Å². The molecule has 1 saturated carbocycles. The topological polar surface area (TPSA) is 67.9 Å². The van der Waals surface area contributed by atoms with Gasteiger partial charge < -0.3 is 19.7 Å². The number of carbonyl (C=O) groups is 2. The Kier molecular flexibility index (Phi) is 6.70. The molecule has 1 aliphatic carbocycles. The van der Waals surface area contributed by atoms with Crippen molar-refractivity contribution in [1.29, 1.82) is 0 Å². The minimum atomic E-state index is -0.506. The largest absolute Gasteiger partial charge is 0.490 e. The number of carbonyl (C=O) groups excluding carboxylic acids is 2. The van der Waals surface area contributed by atoms with E-state index < -0.39 is 5.60 Å². The van der Waals surface area contributed by atoms with E-state index in [1.54, 1.807) is 4.90 Å². The molecule has 2 amide bonds. The van der Waals surface area contributed by atoms with Crippen molar-refractivity contribution in [1.82, 2.24) is 10.2 Å². The number of para-hydroxylation sites is 1. The van der Waals surface area contributed by atoms with Gasteiger partial charge in [0, 0.05) is 19.1 Å². The molecule has 1 aromatic rings. The van der Waals surface area contributed by atoms with E-state index in [0.717, 1.165) is 25.7 Å². The minimum absolute atomic E-state index is 0.0514. The molecule has 160 valence electrons. The molecule has 6 nitrogen and oxygen atoms in total. The second-order valence-corrected chi connectivity index (χ2v) is 9.26. The molecule has 3 rings (SSSR count). The number of piperidine rings is 1. The molecular formula is C23H34N2O4. The monoisotopic (exact) mass is 402 g/mol. The fraction of sp³-hybridized carbons (Fsp3) is 0.652. The van der Waals surface area contributed by atoms with Gasteiger partial charge in [0.15, 0.2) is 0 Å². The average molecular weight is 403 g/mol. The van der Waals surface area contributed by atoms with Gasteiger partial charge in [-0.1, -0.05) is 12.1 Å². The Labute approximate surface area is 173 Å². The van der Waals surface area contributed by atoms with Gasteiger partial charge in [-0.2, -0.15) is 0 Å². The summed E-state index contributed by atoms with van der Waals surface area (Å²) in [6, 6.07) is 7.38. The highest BCUT2D eigenvalue weighted by Crippen LogP contribution is 2.28. The van der Waals surface area contributed by atoms with E-state index in [0.29, 0.717) is 24.4 Å². The Morgan fingerprint density at radius 2 is 1.86 bits per heavy atom. The van der Waals surface area contributed by atoms with Crippen LogP contribution in [0.5, 0.6) is 5.75 Å². The lowest BCUT2D eigenvalue weighted by Crippen LogP contribution is -2.49. The Balaban J connectivity index is 1.59. The number of amides is 2. The van der Waals surface area contributed by atoms with E-state index in [9.17, 15) is 9.59 Å². The first kappa shape index (κ1) is 21.5. The van der Waals surface area contributed by atoms with Crippen molar-refractivity contribution in [3.8, 4) is 5.75 Å². The number of benzene rings is 1. The average Bonchev–Trinajstić information content (AvgIpc) is 2.63. The molecule has 1 aromatic carbocycles. The van der Waals surface area contributed by atoms with Crippen LogP contribution in [0.4, 0.5) is 4.79 Å². The van der Waals surface area contributed by atoms with Crippen LogP contribution in [0.1, 0.15) is 70.2 Å². The molecule has 0 spiro atoms. The molecule has 1 saturated heterocycles. The lowest BCUT2D eigenvalue weighted by molar-refractivity contribution is 0.0150. The predicted molar refractivity (Wildman–Crippen MR) is 112 cm³/mol. The second kappa shape index (κ2) is 9.06. The molecule has 1 N–H and O–H groups in total. The van der Waals surface area contributed by atoms with E-state index in [4.69, 9.17) is 9.47 Å². The summed E-state index contributed by atoms with van der Waals surface area (Å²) in [6.45, 7) is 8.92. The Hall–Kier alpha value is -2.24. The van der Waals surface area contributed by atoms with Crippen molar-refractivity contribution in [3.63, 3.8) is 0 Å². The zero-order chi connectivity index (χ0) is 21.0. The zero-order valence-corrected chi connectivity index (χ0v) is 18.1. The van der Waals surface area contributed by atoms with Crippen LogP contribution in [0.3, 0.4) is 0 Å². The Bertz CT molecular complexity index is 724. The summed E-state index contributed by atoms with van der Waals surface area (Å²) < 4.78 is 11.5. The van der Waals surface area contributed by atoms with Gasteiger partial charge in [-0.3, -0.25) is 4.79 Å². The molecule has 0 radical (unpaired) electrons. The number of nitrogens with zero attached hydrogens (tertiary/aromatic N) is 1. The highest BCUT2D eigenvalue weighted by atomic mass is 16.6. The van der Waals surface area contributed by atoms with Crippen molar-refractivity contribution in [2.75, 3.05) is 13.1 Å². The lowest BCUT2D eigenvalue weighted by Gasteiger charge is -2.36. The molecule has 6 heteroatoms. The first-order valence-electron chi connectivity index (χ1n) is 10.8. The molecule has 0 bridgehead atoms. The van der Waals surface area contributed by atoms with E-state index in [1.165, 1.54) is 6.42 Å². The fourth-order valence-corrected chi connectivity index (χ4v) is 3.74. The molecular weight excluding hydrogens is 368 g/mol. The van der Waals surface area contributed by atoms with E-state index in [2.05, 4.69) is 5.32 Å². The Morgan fingerprint density at radius 1 is 1.14 bits per heavy atom. The van der Waals surface area contributed by atoms with Crippen molar-refractivity contribution < 1.29 is 19.1 Å². The molecule has 29 heavy (non-hydrogen) atoms. The van der Waals surface area contributed by atoms with Gasteiger partial charge >= 0.3 is 6.09 Å². The van der Waals surface area contributed by atoms with Gasteiger partial charge in [0.05, 0.1) is 11.7 Å². The van der Waals surface area contributed by atoms with Crippen molar-refractivity contribution >= 4 is 12.0 Å². The van der Waals surface area contributed by atoms with Gasteiger partial charge in [-0.25, -0.2) is 4.79 Å². The Morgan fingerprint density at radius 3 is 2.52 bits per heavy atom. The summed E-state index contributed by atoms with van der Waals surface area (Å²) in [5.74, 6) is 0.725. The number of hydrogen-bond donors (Lipinski definition) is 1. The van der Waals surface area contributed by atoms with Gasteiger partial charge in [0.25, 0.3) is 5.91 Å². The van der Waals surface area contributed by atoms with Gasteiger partial charge in [-0.15, -0.1) is 0 Å². The van der Waals surface area contributed by atoms with Gasteiger partial charge in [0.1, 0.15) is 11.4 Å². The molecule has 0 unspecified atom stereocenters. The highest BCUT2D eigenvalue weighted by Gasteiger charge is 2.31. The van der Waals surface area contributed by atoms with E-state index >= 15 is 0 Å². The van der Waals surface area contributed by atoms with Crippen molar-refractivity contribution in [2.24, 2.45) is 5.92 Å². The van der Waals surface area contributed by atoms with Crippen LogP contribution in [0.2, 0.25) is 0 Å². The molecule has 1 heterocycles. The van der Waals surface area contributed by atoms with Crippen LogP contribution in [-0.2, 0) is 4.74 Å². The summed E-state index contributed by atoms with van der Waals surface area (Å²) in [5.41, 5.74) is 0.0691. The number of ether oxygens (including phenoxy) is 2. The first-order chi connectivity index (χ1) is 13.7. The standard InChI is InChI=1S/C23H34N2O4/c1-16(17-9-8-14-25(15-17)22(27)29-23(2,3)4)24-21(26)19-12-5-6-13-20(19)28-18-10-7-11-18/h5-6,12-13,16-18H,7-11,14-15H2,1-4H3,(H,24,26)/t16-,17-/m0/s1. The summed E-state index contributed by atoms with van der Waals surface area (Å²) in [4.78, 5) is 27.1. The zero-order valence-electron chi connectivity index (χ0n) is 18.1. The molecule has 2 fully saturated rings. The summed E-state index contributed by atoms with van der Waals surface area (Å²) >= 11 is 0.